The molecule has 0 aromatic rings. The first-order chi connectivity index (χ1) is 23.8. The molecule has 0 aromatic heterocycles. The molecule has 0 aliphatic carbocycles. The molecule has 0 amide bonds. The number of cyclic esters (lactones) is 1. The number of oxime groups is 1. The molecule has 0 radical (unpaired) electrons. The maximum absolute atomic E-state index is 14.2. The van der Waals surface area contributed by atoms with E-state index < -0.39 is 77.3 Å². The van der Waals surface area contributed by atoms with Crippen molar-refractivity contribution in [1.29, 1.82) is 0 Å². The molecule has 14 atom stereocenters. The van der Waals surface area contributed by atoms with E-state index in [1.807, 2.05) is 39.6 Å². The van der Waals surface area contributed by atoms with Gasteiger partial charge in [-0.25, -0.2) is 0 Å². The zero-order valence-corrected chi connectivity index (χ0v) is 33.3. The number of carbonyl (C=O) groups excluding carboxylic acids is 2. The van der Waals surface area contributed by atoms with Crippen molar-refractivity contribution in [2.24, 2.45) is 28.8 Å². The van der Waals surface area contributed by atoms with Crippen LogP contribution in [-0.2, 0) is 33.4 Å². The molecule has 0 aromatic carbocycles. The largest absolute Gasteiger partial charge is 0.459 e. The number of methoxy groups -OCH3 is 1. The first-order valence-corrected chi connectivity index (χ1v) is 18.9. The number of nitrogens with zero attached hydrogens (tertiary/aromatic N) is 2. The van der Waals surface area contributed by atoms with Gasteiger partial charge in [-0.1, -0.05) is 53.1 Å². The summed E-state index contributed by atoms with van der Waals surface area (Å²) in [5, 5.41) is 39.8. The Morgan fingerprint density at radius 3 is 2.29 bits per heavy atom. The van der Waals surface area contributed by atoms with E-state index in [0.717, 1.165) is 19.3 Å². The first-order valence-electron chi connectivity index (χ1n) is 18.9. The molecule has 12 heteroatoms. The van der Waals surface area contributed by atoms with E-state index >= 15 is 0 Å². The van der Waals surface area contributed by atoms with Crippen molar-refractivity contribution in [1.82, 2.24) is 4.90 Å². The van der Waals surface area contributed by atoms with E-state index in [4.69, 9.17) is 30.2 Å². The molecule has 0 saturated carbocycles. The number of Topliss-reactive ketones (excluding diaryl/α,β-unsaturated/α-hetero) is 1. The minimum absolute atomic E-state index is 0.153. The van der Waals surface area contributed by atoms with Crippen LogP contribution >= 0.6 is 0 Å². The second-order valence-electron chi connectivity index (χ2n) is 15.4. The number of esters is 1. The molecular formula is C39H68N2O10. The molecule has 3 N–H and O–H groups in total. The number of hydrogen-bond donors (Lipinski definition) is 3. The molecule has 0 spiro atoms. The quantitative estimate of drug-likeness (QED) is 0.113. The van der Waals surface area contributed by atoms with Gasteiger partial charge in [0.05, 0.1) is 29.6 Å². The maximum atomic E-state index is 14.2. The van der Waals surface area contributed by atoms with Gasteiger partial charge in [-0.2, -0.15) is 0 Å². The number of ether oxygens (including phenoxy) is 4. The van der Waals surface area contributed by atoms with E-state index in [2.05, 4.69) is 18.0 Å². The highest BCUT2D eigenvalue weighted by molar-refractivity contribution is 6.00. The number of hydrogen-bond acceptors (Lipinski definition) is 12. The molecule has 0 bridgehead atoms. The Labute approximate surface area is 306 Å². The molecule has 12 nitrogen and oxygen atoms in total. The lowest BCUT2D eigenvalue weighted by molar-refractivity contribution is -0.295. The van der Waals surface area contributed by atoms with Crippen LogP contribution in [0, 0.1) is 36.0 Å². The SMILES string of the molecule is C#CCCN(C)[C@H]1C[C@@H](C)OC(O[C@@H]2[C@@H](C)C(=O)[C@@H](C)C(=O)O[C@H](CC)[C@@](C)(O)[C@H](O)[C@@H](C)/C(=N/O[C@@H](CC)CCC)[C@H](C)C[C@@]2(C)OC)[C@@H]1O. The molecule has 2 saturated heterocycles. The van der Waals surface area contributed by atoms with E-state index in [1.54, 1.807) is 20.8 Å². The van der Waals surface area contributed by atoms with Crippen LogP contribution in [0.3, 0.4) is 0 Å². The van der Waals surface area contributed by atoms with Gasteiger partial charge < -0.3 is 39.1 Å². The summed E-state index contributed by atoms with van der Waals surface area (Å²) in [5.74, 6) is -2.00. The average Bonchev–Trinajstić information content (AvgIpc) is 3.10. The van der Waals surface area contributed by atoms with Crippen molar-refractivity contribution >= 4 is 17.5 Å². The highest BCUT2D eigenvalue weighted by atomic mass is 16.7. The third-order valence-corrected chi connectivity index (χ3v) is 11.2. The van der Waals surface area contributed by atoms with Crippen LogP contribution < -0.4 is 0 Å². The van der Waals surface area contributed by atoms with Crippen molar-refractivity contribution in [2.45, 2.75) is 174 Å². The van der Waals surface area contributed by atoms with Crippen LogP contribution in [-0.4, -0.2) is 119 Å². The topological polar surface area (TPSA) is 157 Å². The maximum Gasteiger partial charge on any atom is 0.316 e. The molecule has 2 fully saturated rings. The molecular weight excluding hydrogens is 656 g/mol. The molecule has 2 aliphatic heterocycles. The van der Waals surface area contributed by atoms with E-state index in [1.165, 1.54) is 21.0 Å². The van der Waals surface area contributed by atoms with Crippen LogP contribution in [0.2, 0.25) is 0 Å². The van der Waals surface area contributed by atoms with Crippen molar-refractivity contribution in [3.05, 3.63) is 0 Å². The van der Waals surface area contributed by atoms with Gasteiger partial charge in [-0.3, -0.25) is 14.5 Å². The molecule has 2 rings (SSSR count). The van der Waals surface area contributed by atoms with Crippen molar-refractivity contribution in [3.63, 3.8) is 0 Å². The minimum atomic E-state index is -1.89. The average molecular weight is 725 g/mol. The summed E-state index contributed by atoms with van der Waals surface area (Å²) in [7, 11) is 3.42. The van der Waals surface area contributed by atoms with E-state index in [-0.39, 0.29) is 31.1 Å². The van der Waals surface area contributed by atoms with Gasteiger partial charge in [0.25, 0.3) is 0 Å². The normalized spacial score (nSPS) is 40.4. The van der Waals surface area contributed by atoms with Crippen LogP contribution in [0.1, 0.15) is 114 Å². The second-order valence-corrected chi connectivity index (χ2v) is 15.4. The Bertz CT molecular complexity index is 1190. The van der Waals surface area contributed by atoms with Crippen LogP contribution in [0.15, 0.2) is 5.16 Å². The monoisotopic (exact) mass is 724 g/mol. The summed E-state index contributed by atoms with van der Waals surface area (Å²) in [6, 6.07) is -0.329. The molecule has 2 aliphatic rings. The second kappa shape index (κ2) is 19.8. The van der Waals surface area contributed by atoms with Gasteiger partial charge in [0.15, 0.2) is 12.1 Å². The van der Waals surface area contributed by atoms with Crippen molar-refractivity contribution in [3.8, 4) is 12.3 Å². The fourth-order valence-electron chi connectivity index (χ4n) is 7.74. The smallest absolute Gasteiger partial charge is 0.316 e. The van der Waals surface area contributed by atoms with Crippen LogP contribution in [0.4, 0.5) is 0 Å². The Hall–Kier alpha value is -2.11. The summed E-state index contributed by atoms with van der Waals surface area (Å²) < 4.78 is 24.9. The summed E-state index contributed by atoms with van der Waals surface area (Å²) in [4.78, 5) is 35.8. The fourth-order valence-corrected chi connectivity index (χ4v) is 7.74. The highest BCUT2D eigenvalue weighted by Crippen LogP contribution is 2.39. The third-order valence-electron chi connectivity index (χ3n) is 11.2. The summed E-state index contributed by atoms with van der Waals surface area (Å²) in [6.07, 6.45) is 3.19. The lowest BCUT2D eigenvalue weighted by atomic mass is 9.74. The summed E-state index contributed by atoms with van der Waals surface area (Å²) in [6.45, 7) is 18.4. The minimum Gasteiger partial charge on any atom is -0.459 e. The number of aliphatic hydroxyl groups excluding tert-OH is 2. The molecule has 294 valence electrons. The van der Waals surface area contributed by atoms with E-state index in [0.29, 0.717) is 25.1 Å². The van der Waals surface area contributed by atoms with Crippen molar-refractivity contribution < 1.29 is 48.7 Å². The Morgan fingerprint density at radius 2 is 1.75 bits per heavy atom. The van der Waals surface area contributed by atoms with Gasteiger partial charge in [0.2, 0.25) is 0 Å². The predicted molar refractivity (Wildman–Crippen MR) is 196 cm³/mol. The Balaban J connectivity index is 2.74. The van der Waals surface area contributed by atoms with Gasteiger partial charge in [-0.05, 0) is 66.8 Å². The highest BCUT2D eigenvalue weighted by Gasteiger charge is 2.51. The number of terminal acetylenes is 1. The van der Waals surface area contributed by atoms with E-state index in [9.17, 15) is 24.9 Å². The summed E-state index contributed by atoms with van der Waals surface area (Å²) >= 11 is 0. The van der Waals surface area contributed by atoms with Gasteiger partial charge in [0, 0.05) is 43.9 Å². The van der Waals surface area contributed by atoms with Crippen LogP contribution in [0.25, 0.3) is 0 Å². The van der Waals surface area contributed by atoms with Crippen LogP contribution in [0.5, 0.6) is 0 Å². The number of likely N-dealkylation sites (N-methyl/N-ethyl adjacent to an activating group) is 1. The standard InChI is InChI=1S/C39H68N2O10/c1-14-18-20-41(12)29-21-24(6)48-37(33(29)43)50-35-26(8)32(42)27(9)36(45)49-30(17-4)39(11,46)34(44)25(7)31(23(5)22-38(35,10)47-13)40-51-28(16-3)19-15-2/h1,23-30,33-35,37,43-44,46H,15-22H2,2-13H3/b40-31+/t23-,24-,25+,26+,27-,28+,29+,30-,33-,34-,35-,37?,38-,39-/m1/s1. The summed E-state index contributed by atoms with van der Waals surface area (Å²) in [5.41, 5.74) is -2.63. The molecule has 2 heterocycles. The zero-order chi connectivity index (χ0) is 38.8. The van der Waals surface area contributed by atoms with Crippen molar-refractivity contribution in [2.75, 3.05) is 20.7 Å². The predicted octanol–water partition coefficient (Wildman–Crippen LogP) is 4.50. The zero-order valence-electron chi connectivity index (χ0n) is 33.3. The van der Waals surface area contributed by atoms with Gasteiger partial charge >= 0.3 is 5.97 Å². The molecule has 51 heavy (non-hydrogen) atoms. The third kappa shape index (κ3) is 11.0. The first kappa shape index (κ1) is 45.0. The molecule has 1 unspecified atom stereocenters. The number of ketones is 1. The Morgan fingerprint density at radius 1 is 1.10 bits per heavy atom. The lowest BCUT2D eigenvalue weighted by Gasteiger charge is -2.47. The lowest BCUT2D eigenvalue weighted by Crippen LogP contribution is -2.60. The fraction of sp³-hybridized carbons (Fsp3) is 0.872. The Kier molecular flexibility index (Phi) is 17.5. The number of rotatable bonds is 12. The number of carbonyl (C=O) groups is 2. The number of aliphatic hydroxyl groups is 3. The van der Waals surface area contributed by atoms with Gasteiger partial charge in [0.1, 0.15) is 29.8 Å². The van der Waals surface area contributed by atoms with Gasteiger partial charge in [-0.15, -0.1) is 12.3 Å².